The van der Waals surface area contributed by atoms with Crippen LogP contribution in [0.25, 0.3) is 0 Å². The number of hydrogen-bond donors (Lipinski definition) is 1. The zero-order valence-electron chi connectivity index (χ0n) is 8.00. The molecule has 0 fully saturated rings. The van der Waals surface area contributed by atoms with Crippen molar-refractivity contribution in [2.45, 2.75) is 17.7 Å². The van der Waals surface area contributed by atoms with E-state index in [1.165, 1.54) is 4.90 Å². The molecular weight excluding hydrogens is 214 g/mol. The van der Waals surface area contributed by atoms with Gasteiger partial charge >= 0.3 is 0 Å². The highest BCUT2D eigenvalue weighted by atomic mass is 35.5. The van der Waals surface area contributed by atoms with E-state index in [9.17, 15) is 0 Å². The van der Waals surface area contributed by atoms with E-state index in [-0.39, 0.29) is 0 Å². The summed E-state index contributed by atoms with van der Waals surface area (Å²) in [4.78, 5) is 1.17. The average molecular weight is 228 g/mol. The van der Waals surface area contributed by atoms with Crippen LogP contribution in [0.2, 0.25) is 5.02 Å². The molecule has 0 saturated heterocycles. The summed E-state index contributed by atoms with van der Waals surface area (Å²) in [6.45, 7) is 3.68. The maximum atomic E-state index is 5.90. The third-order valence-electron chi connectivity index (χ3n) is 1.79. The van der Waals surface area contributed by atoms with Crippen LogP contribution in [-0.4, -0.2) is 5.75 Å². The average Bonchev–Trinajstić information content (AvgIpc) is 2.18. The van der Waals surface area contributed by atoms with E-state index in [0.717, 1.165) is 18.6 Å². The first kappa shape index (κ1) is 11.5. The highest BCUT2D eigenvalue weighted by molar-refractivity contribution is 7.99. The molecule has 0 aliphatic heterocycles. The van der Waals surface area contributed by atoms with Crippen LogP contribution < -0.4 is 5.73 Å². The fourth-order valence-electron chi connectivity index (χ4n) is 1.02. The van der Waals surface area contributed by atoms with E-state index in [0.29, 0.717) is 10.7 Å². The second-order valence-electron chi connectivity index (χ2n) is 2.96. The van der Waals surface area contributed by atoms with Crippen LogP contribution in [0.1, 0.15) is 12.8 Å². The summed E-state index contributed by atoms with van der Waals surface area (Å²) in [5, 5.41) is 0.638. The minimum Gasteiger partial charge on any atom is -0.398 e. The van der Waals surface area contributed by atoms with Gasteiger partial charge in [-0.25, -0.2) is 0 Å². The molecule has 0 spiro atoms. The van der Waals surface area contributed by atoms with Gasteiger partial charge in [-0.3, -0.25) is 0 Å². The molecule has 0 aliphatic carbocycles. The number of allylic oxidation sites excluding steroid dienone is 1. The van der Waals surface area contributed by atoms with Crippen LogP contribution in [0.3, 0.4) is 0 Å². The maximum Gasteiger partial charge on any atom is 0.0646 e. The van der Waals surface area contributed by atoms with Crippen LogP contribution in [0.15, 0.2) is 35.7 Å². The number of nitrogen functional groups attached to an aromatic ring is 1. The molecule has 1 aromatic rings. The molecule has 14 heavy (non-hydrogen) atoms. The standard InChI is InChI=1S/C11H14ClNS/c1-2-3-4-7-14-9-5-6-11(13)10(12)8-9/h2,5-6,8H,1,3-4,7,13H2. The lowest BCUT2D eigenvalue weighted by molar-refractivity contribution is 0.974. The van der Waals surface area contributed by atoms with Crippen molar-refractivity contribution in [3.8, 4) is 0 Å². The van der Waals surface area contributed by atoms with E-state index in [4.69, 9.17) is 17.3 Å². The van der Waals surface area contributed by atoms with Crippen molar-refractivity contribution in [2.75, 3.05) is 11.5 Å². The highest BCUT2D eigenvalue weighted by Gasteiger charge is 1.98. The number of rotatable bonds is 5. The molecule has 1 aromatic carbocycles. The van der Waals surface area contributed by atoms with E-state index in [2.05, 4.69) is 6.58 Å². The molecule has 0 atom stereocenters. The summed E-state index contributed by atoms with van der Waals surface area (Å²) < 4.78 is 0. The lowest BCUT2D eigenvalue weighted by Gasteiger charge is -2.02. The van der Waals surface area contributed by atoms with Gasteiger partial charge in [0.1, 0.15) is 0 Å². The van der Waals surface area contributed by atoms with Crippen molar-refractivity contribution >= 4 is 29.1 Å². The lowest BCUT2D eigenvalue weighted by Crippen LogP contribution is -1.86. The zero-order chi connectivity index (χ0) is 10.4. The van der Waals surface area contributed by atoms with Crippen molar-refractivity contribution in [3.05, 3.63) is 35.9 Å². The van der Waals surface area contributed by atoms with Crippen molar-refractivity contribution in [1.82, 2.24) is 0 Å². The van der Waals surface area contributed by atoms with E-state index < -0.39 is 0 Å². The summed E-state index contributed by atoms with van der Waals surface area (Å²) >= 11 is 7.69. The van der Waals surface area contributed by atoms with Gasteiger partial charge in [0.25, 0.3) is 0 Å². The minimum absolute atomic E-state index is 0.638. The van der Waals surface area contributed by atoms with Crippen LogP contribution >= 0.6 is 23.4 Å². The molecule has 76 valence electrons. The number of anilines is 1. The van der Waals surface area contributed by atoms with Crippen LogP contribution in [0.5, 0.6) is 0 Å². The van der Waals surface area contributed by atoms with E-state index in [1.807, 2.05) is 24.3 Å². The molecular formula is C11H14ClNS. The predicted molar refractivity (Wildman–Crippen MR) is 66.0 cm³/mol. The second kappa shape index (κ2) is 5.99. The second-order valence-corrected chi connectivity index (χ2v) is 4.54. The highest BCUT2D eigenvalue weighted by Crippen LogP contribution is 2.26. The third-order valence-corrected chi connectivity index (χ3v) is 3.20. The molecule has 0 heterocycles. The normalized spacial score (nSPS) is 10.1. The Kier molecular flexibility index (Phi) is 4.91. The topological polar surface area (TPSA) is 26.0 Å². The van der Waals surface area contributed by atoms with E-state index in [1.54, 1.807) is 11.8 Å². The molecule has 0 aliphatic rings. The number of benzene rings is 1. The molecule has 0 bridgehead atoms. The molecule has 0 unspecified atom stereocenters. The van der Waals surface area contributed by atoms with Gasteiger partial charge in [0.2, 0.25) is 0 Å². The third kappa shape index (κ3) is 3.64. The Labute approximate surface area is 94.3 Å². The summed E-state index contributed by atoms with van der Waals surface area (Å²) in [7, 11) is 0. The molecule has 1 nitrogen and oxygen atoms in total. The summed E-state index contributed by atoms with van der Waals surface area (Å²) in [6.07, 6.45) is 4.16. The maximum absolute atomic E-state index is 5.90. The minimum atomic E-state index is 0.638. The van der Waals surface area contributed by atoms with Gasteiger partial charge in [-0.2, -0.15) is 0 Å². The van der Waals surface area contributed by atoms with Crippen molar-refractivity contribution < 1.29 is 0 Å². The Bertz CT molecular complexity index is 312. The van der Waals surface area contributed by atoms with Gasteiger partial charge in [-0.05, 0) is 36.8 Å². The van der Waals surface area contributed by atoms with Gasteiger partial charge < -0.3 is 5.73 Å². The first-order valence-electron chi connectivity index (χ1n) is 4.52. The molecule has 0 amide bonds. The number of hydrogen-bond acceptors (Lipinski definition) is 2. The summed E-state index contributed by atoms with van der Waals surface area (Å²) in [5.41, 5.74) is 6.25. The first-order chi connectivity index (χ1) is 6.74. The van der Waals surface area contributed by atoms with Gasteiger partial charge in [0.15, 0.2) is 0 Å². The summed E-state index contributed by atoms with van der Waals surface area (Å²) in [6, 6.07) is 5.76. The number of halogens is 1. The molecule has 3 heteroatoms. The monoisotopic (exact) mass is 227 g/mol. The van der Waals surface area contributed by atoms with Crippen molar-refractivity contribution in [2.24, 2.45) is 0 Å². The number of nitrogens with two attached hydrogens (primary N) is 1. The molecule has 2 N–H and O–H groups in total. The van der Waals surface area contributed by atoms with Gasteiger partial charge in [-0.1, -0.05) is 17.7 Å². The quantitative estimate of drug-likeness (QED) is 0.356. The SMILES string of the molecule is C=CCCCSc1ccc(N)c(Cl)c1. The number of thioether (sulfide) groups is 1. The Morgan fingerprint density at radius 1 is 1.50 bits per heavy atom. The van der Waals surface area contributed by atoms with E-state index >= 15 is 0 Å². The fourth-order valence-corrected chi connectivity index (χ4v) is 2.17. The van der Waals surface area contributed by atoms with Gasteiger partial charge in [-0.15, -0.1) is 18.3 Å². The number of unbranched alkanes of at least 4 members (excludes halogenated alkanes) is 1. The van der Waals surface area contributed by atoms with Crippen molar-refractivity contribution in [1.29, 1.82) is 0 Å². The Morgan fingerprint density at radius 3 is 2.93 bits per heavy atom. The van der Waals surface area contributed by atoms with Crippen LogP contribution in [-0.2, 0) is 0 Å². The van der Waals surface area contributed by atoms with Gasteiger partial charge in [0.05, 0.1) is 10.7 Å². The Hall–Kier alpha value is -0.600. The Balaban J connectivity index is 2.43. The van der Waals surface area contributed by atoms with Gasteiger partial charge in [0, 0.05) is 4.90 Å². The molecule has 0 aromatic heterocycles. The van der Waals surface area contributed by atoms with Crippen molar-refractivity contribution in [3.63, 3.8) is 0 Å². The fraction of sp³-hybridized carbons (Fsp3) is 0.273. The molecule has 1 rings (SSSR count). The summed E-state index contributed by atoms with van der Waals surface area (Å²) in [5.74, 6) is 1.09. The molecule has 0 radical (unpaired) electrons. The predicted octanol–water partition coefficient (Wildman–Crippen LogP) is 3.98. The lowest BCUT2D eigenvalue weighted by atomic mass is 10.3. The Morgan fingerprint density at radius 2 is 2.29 bits per heavy atom. The van der Waals surface area contributed by atoms with Crippen LogP contribution in [0, 0.1) is 0 Å². The zero-order valence-corrected chi connectivity index (χ0v) is 9.57. The first-order valence-corrected chi connectivity index (χ1v) is 5.89. The molecule has 0 saturated carbocycles. The smallest absolute Gasteiger partial charge is 0.0646 e. The van der Waals surface area contributed by atoms with Crippen LogP contribution in [0.4, 0.5) is 5.69 Å². The largest absolute Gasteiger partial charge is 0.398 e.